The first-order valence-corrected chi connectivity index (χ1v) is 7.98. The molecule has 1 aliphatic carbocycles. The number of rotatable bonds is 2. The monoisotopic (exact) mass is 389 g/mol. The fraction of sp³-hybridized carbons (Fsp3) is 0.500. The fourth-order valence-electron chi connectivity index (χ4n) is 2.67. The largest absolute Gasteiger partial charge is 0.505 e. The molecule has 1 aromatic carbocycles. The van der Waals surface area contributed by atoms with Crippen molar-refractivity contribution >= 4 is 40.7 Å². The standard InChI is InChI=1S/C14H13Cl3F3NO2/c15-8-5-9(16)12(22)10(11(8)17)13(23)21-7-3-1-2-6(4-7)14(18,19)20/h5-7,22H,1-4H2,(H,21,23). The lowest BCUT2D eigenvalue weighted by molar-refractivity contribution is -0.183. The Balaban J connectivity index is 2.17. The molecule has 0 bridgehead atoms. The molecule has 1 amide bonds. The first kappa shape index (κ1) is 18.5. The van der Waals surface area contributed by atoms with Gasteiger partial charge in [-0.25, -0.2) is 0 Å². The number of hydrogen-bond donors (Lipinski definition) is 2. The lowest BCUT2D eigenvalue weighted by atomic mass is 9.85. The molecule has 0 saturated heterocycles. The van der Waals surface area contributed by atoms with Gasteiger partial charge in [0.05, 0.1) is 21.0 Å². The SMILES string of the molecule is O=C(NC1CCCC(C(F)(F)F)C1)c1c(O)c(Cl)cc(Cl)c1Cl. The molecule has 128 valence electrons. The number of phenols is 1. The van der Waals surface area contributed by atoms with Gasteiger partial charge in [0.15, 0.2) is 0 Å². The van der Waals surface area contributed by atoms with Crippen LogP contribution >= 0.6 is 34.8 Å². The Kier molecular flexibility index (Phi) is 5.59. The summed E-state index contributed by atoms with van der Waals surface area (Å²) in [5.74, 6) is -2.81. The Labute approximate surface area is 145 Å². The molecule has 2 rings (SSSR count). The van der Waals surface area contributed by atoms with Gasteiger partial charge >= 0.3 is 6.18 Å². The second-order valence-corrected chi connectivity index (χ2v) is 6.65. The van der Waals surface area contributed by atoms with E-state index in [1.54, 1.807) is 0 Å². The molecule has 0 radical (unpaired) electrons. The van der Waals surface area contributed by atoms with Crippen molar-refractivity contribution in [1.29, 1.82) is 0 Å². The Hall–Kier alpha value is -0.850. The van der Waals surface area contributed by atoms with Crippen LogP contribution in [0.4, 0.5) is 13.2 Å². The summed E-state index contributed by atoms with van der Waals surface area (Å²) >= 11 is 17.4. The molecule has 1 saturated carbocycles. The van der Waals surface area contributed by atoms with E-state index in [-0.39, 0.29) is 33.5 Å². The number of nitrogens with one attached hydrogen (secondary N) is 1. The van der Waals surface area contributed by atoms with Crippen molar-refractivity contribution in [2.24, 2.45) is 5.92 Å². The van der Waals surface area contributed by atoms with Crippen LogP contribution in [0.1, 0.15) is 36.0 Å². The van der Waals surface area contributed by atoms with Gasteiger partial charge in [-0.3, -0.25) is 4.79 Å². The van der Waals surface area contributed by atoms with Gasteiger partial charge in [-0.05, 0) is 25.3 Å². The van der Waals surface area contributed by atoms with Crippen LogP contribution in [-0.4, -0.2) is 23.2 Å². The van der Waals surface area contributed by atoms with Crippen LogP contribution in [-0.2, 0) is 0 Å². The third-order valence-corrected chi connectivity index (χ3v) is 4.92. The molecule has 1 aromatic rings. The van der Waals surface area contributed by atoms with Crippen LogP contribution in [0.2, 0.25) is 15.1 Å². The smallest absolute Gasteiger partial charge is 0.391 e. The van der Waals surface area contributed by atoms with E-state index in [1.807, 2.05) is 0 Å². The Morgan fingerprint density at radius 2 is 1.87 bits per heavy atom. The van der Waals surface area contributed by atoms with E-state index < -0.39 is 29.8 Å². The Morgan fingerprint density at radius 3 is 2.48 bits per heavy atom. The van der Waals surface area contributed by atoms with Crippen molar-refractivity contribution < 1.29 is 23.1 Å². The molecular weight excluding hydrogens is 378 g/mol. The third-order valence-electron chi connectivity index (χ3n) is 3.85. The van der Waals surface area contributed by atoms with Crippen LogP contribution in [0.5, 0.6) is 5.75 Å². The van der Waals surface area contributed by atoms with E-state index in [0.29, 0.717) is 12.8 Å². The summed E-state index contributed by atoms with van der Waals surface area (Å²) in [5, 5.41) is 11.9. The topological polar surface area (TPSA) is 49.3 Å². The predicted molar refractivity (Wildman–Crippen MR) is 82.4 cm³/mol. The number of amides is 1. The second-order valence-electron chi connectivity index (χ2n) is 5.45. The third kappa shape index (κ3) is 4.17. The van der Waals surface area contributed by atoms with Crippen LogP contribution in [0, 0.1) is 5.92 Å². The van der Waals surface area contributed by atoms with Crippen molar-refractivity contribution in [1.82, 2.24) is 5.32 Å². The van der Waals surface area contributed by atoms with E-state index in [1.165, 1.54) is 6.07 Å². The molecule has 2 atom stereocenters. The summed E-state index contributed by atoms with van der Waals surface area (Å²) in [6, 6.07) is 0.522. The number of phenolic OH excluding ortho intramolecular Hbond substituents is 1. The lowest BCUT2D eigenvalue weighted by Crippen LogP contribution is -2.41. The Morgan fingerprint density at radius 1 is 1.22 bits per heavy atom. The van der Waals surface area contributed by atoms with E-state index in [9.17, 15) is 23.1 Å². The summed E-state index contributed by atoms with van der Waals surface area (Å²) in [6.45, 7) is 0. The molecule has 2 N–H and O–H groups in total. The average Bonchev–Trinajstić information content (AvgIpc) is 2.45. The maximum atomic E-state index is 12.8. The first-order chi connectivity index (χ1) is 10.6. The van der Waals surface area contributed by atoms with Crippen LogP contribution in [0.25, 0.3) is 0 Å². The van der Waals surface area contributed by atoms with Gasteiger partial charge in [-0.1, -0.05) is 41.2 Å². The van der Waals surface area contributed by atoms with Gasteiger partial charge in [0.1, 0.15) is 11.3 Å². The molecule has 2 unspecified atom stereocenters. The van der Waals surface area contributed by atoms with Gasteiger partial charge in [-0.2, -0.15) is 13.2 Å². The molecule has 0 heterocycles. The van der Waals surface area contributed by atoms with Gasteiger partial charge in [0.25, 0.3) is 5.91 Å². The van der Waals surface area contributed by atoms with Crippen LogP contribution in [0.3, 0.4) is 0 Å². The summed E-state index contributed by atoms with van der Waals surface area (Å²) < 4.78 is 38.4. The van der Waals surface area contributed by atoms with Gasteiger partial charge in [0.2, 0.25) is 0 Å². The molecule has 1 fully saturated rings. The number of carbonyl (C=O) groups is 1. The van der Waals surface area contributed by atoms with E-state index in [0.717, 1.165) is 0 Å². The van der Waals surface area contributed by atoms with Crippen molar-refractivity contribution in [2.75, 3.05) is 0 Å². The average molecular weight is 391 g/mol. The number of hydrogen-bond acceptors (Lipinski definition) is 2. The molecule has 9 heteroatoms. The highest BCUT2D eigenvalue weighted by atomic mass is 35.5. The minimum Gasteiger partial charge on any atom is -0.505 e. The van der Waals surface area contributed by atoms with Gasteiger partial charge in [0, 0.05) is 6.04 Å². The maximum absolute atomic E-state index is 12.8. The van der Waals surface area contributed by atoms with Crippen molar-refractivity contribution in [3.63, 3.8) is 0 Å². The number of halogens is 6. The molecule has 1 aliphatic rings. The van der Waals surface area contributed by atoms with Crippen molar-refractivity contribution in [3.8, 4) is 5.75 Å². The van der Waals surface area contributed by atoms with Gasteiger partial charge in [-0.15, -0.1) is 0 Å². The van der Waals surface area contributed by atoms with Crippen LogP contribution in [0.15, 0.2) is 6.07 Å². The molecule has 0 spiro atoms. The normalized spacial score (nSPS) is 22.0. The van der Waals surface area contributed by atoms with Crippen LogP contribution < -0.4 is 5.32 Å². The van der Waals surface area contributed by atoms with E-state index in [4.69, 9.17) is 34.8 Å². The zero-order chi connectivity index (χ0) is 17.4. The molecule has 3 nitrogen and oxygen atoms in total. The minimum absolute atomic E-state index is 0.0311. The summed E-state index contributed by atoms with van der Waals surface area (Å²) in [7, 11) is 0. The first-order valence-electron chi connectivity index (χ1n) is 6.85. The maximum Gasteiger partial charge on any atom is 0.391 e. The Bertz CT molecular complexity index is 596. The van der Waals surface area contributed by atoms with Crippen molar-refractivity contribution in [3.05, 3.63) is 26.7 Å². The predicted octanol–water partition coefficient (Wildman–Crippen LogP) is 5.20. The number of carbonyl (C=O) groups excluding carboxylic acids is 1. The number of benzene rings is 1. The van der Waals surface area contributed by atoms with Crippen molar-refractivity contribution in [2.45, 2.75) is 37.9 Å². The van der Waals surface area contributed by atoms with Gasteiger partial charge < -0.3 is 10.4 Å². The zero-order valence-electron chi connectivity index (χ0n) is 11.7. The molecule has 23 heavy (non-hydrogen) atoms. The summed E-state index contributed by atoms with van der Waals surface area (Å²) in [5.41, 5.74) is -0.335. The highest BCUT2D eigenvalue weighted by Crippen LogP contribution is 2.40. The number of alkyl halides is 3. The molecule has 0 aliphatic heterocycles. The van der Waals surface area contributed by atoms with E-state index >= 15 is 0 Å². The zero-order valence-corrected chi connectivity index (χ0v) is 14.0. The lowest BCUT2D eigenvalue weighted by Gasteiger charge is -2.31. The summed E-state index contributed by atoms with van der Waals surface area (Å²) in [4.78, 5) is 12.3. The van der Waals surface area contributed by atoms with E-state index in [2.05, 4.69) is 5.32 Å². The molecular formula is C14H13Cl3F3NO2. The highest BCUT2D eigenvalue weighted by molar-refractivity contribution is 6.45. The second kappa shape index (κ2) is 6.95. The fourth-order valence-corrected chi connectivity index (χ4v) is 3.36. The summed E-state index contributed by atoms with van der Waals surface area (Å²) in [6.07, 6.45) is -3.68. The minimum atomic E-state index is -4.29. The molecule has 0 aromatic heterocycles. The number of aromatic hydroxyl groups is 1. The quantitative estimate of drug-likeness (QED) is 0.682. The highest BCUT2D eigenvalue weighted by Gasteiger charge is 2.42.